The van der Waals surface area contributed by atoms with Crippen LogP contribution in [0.4, 0.5) is 0 Å². The maximum absolute atomic E-state index is 12.2. The summed E-state index contributed by atoms with van der Waals surface area (Å²) in [5, 5.41) is 17.4. The number of carbonyl (C=O) groups excluding carboxylic acids is 1. The summed E-state index contributed by atoms with van der Waals surface area (Å²) in [7, 11) is 0. The predicted octanol–water partition coefficient (Wildman–Crippen LogP) is 2.10. The molecule has 2 N–H and O–H groups in total. The molecule has 1 aromatic rings. The van der Waals surface area contributed by atoms with Crippen molar-refractivity contribution in [2.45, 2.75) is 51.6 Å². The fraction of sp³-hybridized carbons (Fsp3) is 0.765. The van der Waals surface area contributed by atoms with Crippen molar-refractivity contribution in [3.05, 3.63) is 17.5 Å². The Kier molecular flexibility index (Phi) is 4.73. The van der Waals surface area contributed by atoms with Gasteiger partial charge in [0.15, 0.2) is 5.69 Å². The standard InChI is InChI=1S/C17H26N2O4/c1-11(2)14-9-13(19-23-14)16(21)18-10-12-3-4-17(15(12)20)5-7-22-8-6-17/h9,11-12,15,20H,3-8,10H2,1-2H3,(H,18,21)/t12-,15-/m0/s1. The van der Waals surface area contributed by atoms with Crippen LogP contribution in [0.2, 0.25) is 0 Å². The van der Waals surface area contributed by atoms with E-state index in [9.17, 15) is 9.90 Å². The summed E-state index contributed by atoms with van der Waals surface area (Å²) in [6, 6.07) is 1.69. The molecule has 0 aromatic carbocycles. The van der Waals surface area contributed by atoms with Crippen LogP contribution in [0, 0.1) is 11.3 Å². The zero-order valence-corrected chi connectivity index (χ0v) is 13.9. The lowest BCUT2D eigenvalue weighted by atomic mass is 9.76. The number of aromatic nitrogens is 1. The summed E-state index contributed by atoms with van der Waals surface area (Å²) in [6.45, 7) is 5.92. The fourth-order valence-corrected chi connectivity index (χ4v) is 3.80. The second-order valence-corrected chi connectivity index (χ2v) is 7.20. The van der Waals surface area contributed by atoms with Gasteiger partial charge >= 0.3 is 0 Å². The predicted molar refractivity (Wildman–Crippen MR) is 84.1 cm³/mol. The molecular weight excluding hydrogens is 296 g/mol. The molecule has 3 rings (SSSR count). The third-order valence-electron chi connectivity index (χ3n) is 5.43. The van der Waals surface area contributed by atoms with Crippen LogP contribution in [0.15, 0.2) is 10.6 Å². The minimum atomic E-state index is -0.366. The Morgan fingerprint density at radius 1 is 1.43 bits per heavy atom. The van der Waals surface area contributed by atoms with Crippen molar-refractivity contribution >= 4 is 5.91 Å². The lowest BCUT2D eigenvalue weighted by Crippen LogP contribution is -2.41. The topological polar surface area (TPSA) is 84.6 Å². The smallest absolute Gasteiger partial charge is 0.273 e. The molecule has 2 heterocycles. The highest BCUT2D eigenvalue weighted by atomic mass is 16.5. The number of amides is 1. The van der Waals surface area contributed by atoms with Gasteiger partial charge in [0.2, 0.25) is 0 Å². The van der Waals surface area contributed by atoms with Gasteiger partial charge in [0.05, 0.1) is 6.10 Å². The normalized spacial score (nSPS) is 26.8. The van der Waals surface area contributed by atoms with E-state index in [0.717, 1.165) is 38.9 Å². The quantitative estimate of drug-likeness (QED) is 0.887. The Balaban J connectivity index is 1.55. The van der Waals surface area contributed by atoms with Gasteiger partial charge in [-0.2, -0.15) is 0 Å². The molecule has 1 saturated heterocycles. The van der Waals surface area contributed by atoms with Crippen LogP contribution in [-0.2, 0) is 4.74 Å². The van der Waals surface area contributed by atoms with Crippen LogP contribution < -0.4 is 5.32 Å². The van der Waals surface area contributed by atoms with E-state index in [-0.39, 0.29) is 29.3 Å². The van der Waals surface area contributed by atoms with Crippen LogP contribution in [0.1, 0.15) is 61.7 Å². The van der Waals surface area contributed by atoms with Gasteiger partial charge in [0.1, 0.15) is 5.76 Å². The molecule has 1 aliphatic heterocycles. The third kappa shape index (κ3) is 3.28. The molecule has 1 saturated carbocycles. The van der Waals surface area contributed by atoms with E-state index in [2.05, 4.69) is 10.5 Å². The zero-order valence-electron chi connectivity index (χ0n) is 13.9. The van der Waals surface area contributed by atoms with Gasteiger partial charge in [0, 0.05) is 43.1 Å². The SMILES string of the molecule is CC(C)c1cc(C(=O)NC[C@@H]2CCC3(CCOCC3)[C@H]2O)no1. The van der Waals surface area contributed by atoms with Gasteiger partial charge in [-0.25, -0.2) is 0 Å². The van der Waals surface area contributed by atoms with E-state index in [0.29, 0.717) is 18.0 Å². The summed E-state index contributed by atoms with van der Waals surface area (Å²) in [4.78, 5) is 12.2. The van der Waals surface area contributed by atoms with E-state index in [1.807, 2.05) is 13.8 Å². The average molecular weight is 322 g/mol. The Hall–Kier alpha value is -1.40. The number of aliphatic hydroxyl groups excluding tert-OH is 1. The second-order valence-electron chi connectivity index (χ2n) is 7.20. The summed E-state index contributed by atoms with van der Waals surface area (Å²) in [6.07, 6.45) is 3.42. The number of hydrogen-bond donors (Lipinski definition) is 2. The Morgan fingerprint density at radius 2 is 2.17 bits per heavy atom. The summed E-state index contributed by atoms with van der Waals surface area (Å²) in [5.41, 5.74) is 0.300. The van der Waals surface area contributed by atoms with Gasteiger partial charge in [-0.05, 0) is 25.7 Å². The molecule has 6 nitrogen and oxygen atoms in total. The first-order valence-corrected chi connectivity index (χ1v) is 8.52. The largest absolute Gasteiger partial charge is 0.392 e. The maximum Gasteiger partial charge on any atom is 0.273 e. The molecule has 6 heteroatoms. The number of nitrogens with zero attached hydrogens (tertiary/aromatic N) is 1. The van der Waals surface area contributed by atoms with Gasteiger partial charge in [0.25, 0.3) is 5.91 Å². The highest BCUT2D eigenvalue weighted by molar-refractivity contribution is 5.92. The number of hydrogen-bond acceptors (Lipinski definition) is 5. The van der Waals surface area contributed by atoms with Crippen molar-refractivity contribution in [2.75, 3.05) is 19.8 Å². The van der Waals surface area contributed by atoms with Crippen molar-refractivity contribution in [1.82, 2.24) is 10.5 Å². The minimum Gasteiger partial charge on any atom is -0.392 e. The number of ether oxygens (including phenoxy) is 1. The van der Waals surface area contributed by atoms with Crippen LogP contribution in [-0.4, -0.2) is 42.0 Å². The third-order valence-corrected chi connectivity index (χ3v) is 5.43. The fourth-order valence-electron chi connectivity index (χ4n) is 3.80. The van der Waals surface area contributed by atoms with Gasteiger partial charge in [-0.1, -0.05) is 19.0 Å². The summed E-state index contributed by atoms with van der Waals surface area (Å²) in [5.74, 6) is 0.778. The molecule has 23 heavy (non-hydrogen) atoms. The Morgan fingerprint density at radius 3 is 2.83 bits per heavy atom. The first kappa shape index (κ1) is 16.5. The minimum absolute atomic E-state index is 0.00759. The van der Waals surface area contributed by atoms with Gasteiger partial charge in [-0.3, -0.25) is 4.79 Å². The molecule has 2 atom stereocenters. The van der Waals surface area contributed by atoms with Crippen LogP contribution >= 0.6 is 0 Å². The number of nitrogens with one attached hydrogen (secondary N) is 1. The van der Waals surface area contributed by atoms with Crippen molar-refractivity contribution in [3.63, 3.8) is 0 Å². The lowest BCUT2D eigenvalue weighted by molar-refractivity contribution is -0.0555. The van der Waals surface area contributed by atoms with Crippen molar-refractivity contribution in [1.29, 1.82) is 0 Å². The molecule has 0 unspecified atom stereocenters. The van der Waals surface area contributed by atoms with Crippen LogP contribution in [0.25, 0.3) is 0 Å². The van der Waals surface area contributed by atoms with Crippen LogP contribution in [0.3, 0.4) is 0 Å². The van der Waals surface area contributed by atoms with Crippen LogP contribution in [0.5, 0.6) is 0 Å². The van der Waals surface area contributed by atoms with Crippen molar-refractivity contribution in [2.24, 2.45) is 11.3 Å². The average Bonchev–Trinajstić information content (AvgIpc) is 3.14. The molecule has 0 bridgehead atoms. The lowest BCUT2D eigenvalue weighted by Gasteiger charge is -2.37. The van der Waals surface area contributed by atoms with E-state index in [4.69, 9.17) is 9.26 Å². The Labute approximate surface area is 136 Å². The molecule has 1 amide bonds. The first-order chi connectivity index (χ1) is 11.0. The van der Waals surface area contributed by atoms with Crippen molar-refractivity contribution < 1.29 is 19.2 Å². The molecule has 1 aliphatic carbocycles. The molecule has 1 aromatic heterocycles. The number of rotatable bonds is 4. The number of carbonyl (C=O) groups is 1. The highest BCUT2D eigenvalue weighted by Crippen LogP contribution is 2.48. The second kappa shape index (κ2) is 6.61. The van der Waals surface area contributed by atoms with E-state index >= 15 is 0 Å². The number of aliphatic hydroxyl groups is 1. The first-order valence-electron chi connectivity index (χ1n) is 8.52. The summed E-state index contributed by atoms with van der Waals surface area (Å²) < 4.78 is 10.6. The zero-order chi connectivity index (χ0) is 16.4. The molecule has 128 valence electrons. The van der Waals surface area contributed by atoms with Crippen molar-refractivity contribution in [3.8, 4) is 0 Å². The molecular formula is C17H26N2O4. The van der Waals surface area contributed by atoms with Gasteiger partial charge < -0.3 is 19.7 Å². The van der Waals surface area contributed by atoms with Gasteiger partial charge in [-0.15, -0.1) is 0 Å². The monoisotopic (exact) mass is 322 g/mol. The van der Waals surface area contributed by atoms with E-state index < -0.39 is 0 Å². The summed E-state index contributed by atoms with van der Waals surface area (Å²) >= 11 is 0. The van der Waals surface area contributed by atoms with E-state index in [1.165, 1.54) is 0 Å². The molecule has 2 aliphatic rings. The Bertz CT molecular complexity index is 549. The maximum atomic E-state index is 12.2. The highest BCUT2D eigenvalue weighted by Gasteiger charge is 2.48. The molecule has 0 radical (unpaired) electrons. The molecule has 2 fully saturated rings. The molecule has 1 spiro atoms. The van der Waals surface area contributed by atoms with E-state index in [1.54, 1.807) is 6.07 Å².